The lowest BCUT2D eigenvalue weighted by Gasteiger charge is -2.38. The van der Waals surface area contributed by atoms with Gasteiger partial charge in [-0.1, -0.05) is 39.7 Å². The summed E-state index contributed by atoms with van der Waals surface area (Å²) in [5, 5.41) is -0.0429. The molecule has 1 aliphatic heterocycles. The molecule has 0 spiro atoms. The minimum atomic E-state index is -0.536. The molecule has 1 heterocycles. The number of benzene rings is 2. The molecule has 4 rings (SSSR count). The number of anilines is 1. The number of nitrogens with zero attached hydrogens (tertiary/aromatic N) is 1. The first kappa shape index (κ1) is 18.4. The molecule has 0 saturated heterocycles. The Bertz CT molecular complexity index is 988. The smallest absolute Gasteiger partial charge is 0.232 e. The van der Waals surface area contributed by atoms with Gasteiger partial charge >= 0.3 is 0 Å². The Balaban J connectivity index is 1.87. The van der Waals surface area contributed by atoms with Gasteiger partial charge in [-0.05, 0) is 48.7 Å². The van der Waals surface area contributed by atoms with Gasteiger partial charge in [0.05, 0.1) is 10.7 Å². The average Bonchev–Trinajstić information content (AvgIpc) is 2.64. The molecule has 0 radical (unpaired) electrons. The van der Waals surface area contributed by atoms with Gasteiger partial charge in [-0.2, -0.15) is 0 Å². The van der Waals surface area contributed by atoms with E-state index in [1.165, 1.54) is 18.2 Å². The van der Waals surface area contributed by atoms with Crippen LogP contribution in [0.3, 0.4) is 0 Å². The van der Waals surface area contributed by atoms with Crippen LogP contribution >= 0.6 is 27.5 Å². The molecule has 1 amide bonds. The molecule has 1 unspecified atom stereocenters. The molecule has 6 heteroatoms. The fraction of sp³-hybridized carbons (Fsp3) is 0.238. The van der Waals surface area contributed by atoms with Crippen molar-refractivity contribution in [1.29, 1.82) is 0 Å². The van der Waals surface area contributed by atoms with Crippen LogP contribution in [0.4, 0.5) is 10.1 Å². The summed E-state index contributed by atoms with van der Waals surface area (Å²) in [7, 11) is 0. The lowest BCUT2D eigenvalue weighted by molar-refractivity contribution is -0.119. The second-order valence-corrected chi connectivity index (χ2v) is 8.10. The summed E-state index contributed by atoms with van der Waals surface area (Å²) in [5.41, 5.74) is 2.85. The quantitative estimate of drug-likeness (QED) is 0.585. The van der Waals surface area contributed by atoms with Crippen LogP contribution in [0.1, 0.15) is 37.2 Å². The summed E-state index contributed by atoms with van der Waals surface area (Å²) in [6, 6.07) is 11.9. The molecule has 1 atom stereocenters. The Morgan fingerprint density at radius 1 is 1.11 bits per heavy atom. The number of ketones is 1. The summed E-state index contributed by atoms with van der Waals surface area (Å²) in [6.45, 7) is 0. The van der Waals surface area contributed by atoms with E-state index in [1.807, 2.05) is 24.3 Å². The van der Waals surface area contributed by atoms with Gasteiger partial charge in [0.1, 0.15) is 5.82 Å². The molecule has 2 aliphatic rings. The monoisotopic (exact) mass is 447 g/mol. The number of carbonyl (C=O) groups is 2. The fourth-order valence-electron chi connectivity index (χ4n) is 3.92. The topological polar surface area (TPSA) is 37.4 Å². The zero-order valence-electron chi connectivity index (χ0n) is 14.3. The molecule has 2 aromatic carbocycles. The third kappa shape index (κ3) is 3.34. The summed E-state index contributed by atoms with van der Waals surface area (Å²) in [6.07, 6.45) is 2.00. The Labute approximate surface area is 169 Å². The average molecular weight is 449 g/mol. The van der Waals surface area contributed by atoms with Gasteiger partial charge in [0.2, 0.25) is 5.91 Å². The summed E-state index contributed by atoms with van der Waals surface area (Å²) in [5.74, 6) is -0.834. The van der Waals surface area contributed by atoms with E-state index in [4.69, 9.17) is 11.6 Å². The predicted molar refractivity (Wildman–Crippen MR) is 106 cm³/mol. The van der Waals surface area contributed by atoms with Gasteiger partial charge in [-0.25, -0.2) is 4.39 Å². The standard InChI is InChI=1S/C21H16BrClFNO2/c22-13-4-1-3-12(9-13)15-11-20(27)25(14-7-8-17(24)16(23)10-14)18-5-2-6-19(26)21(15)18/h1,3-4,7-10,15H,2,5-6,11H2. The highest BCUT2D eigenvalue weighted by Crippen LogP contribution is 2.44. The van der Waals surface area contributed by atoms with Crippen molar-refractivity contribution in [3.63, 3.8) is 0 Å². The number of Topliss-reactive ketones (excluding diaryl/α,β-unsaturated/α-hetero) is 1. The number of carbonyl (C=O) groups excluding carboxylic acids is 2. The molecule has 2 aromatic rings. The summed E-state index contributed by atoms with van der Waals surface area (Å²) in [4.78, 5) is 27.4. The molecule has 138 valence electrons. The van der Waals surface area contributed by atoms with Gasteiger partial charge in [0, 0.05) is 34.5 Å². The lowest BCUT2D eigenvalue weighted by Crippen LogP contribution is -2.40. The molecule has 0 N–H and O–H groups in total. The maximum atomic E-state index is 13.6. The van der Waals surface area contributed by atoms with Crippen LogP contribution in [0.5, 0.6) is 0 Å². The van der Waals surface area contributed by atoms with Crippen molar-refractivity contribution in [2.45, 2.75) is 31.6 Å². The first-order valence-corrected chi connectivity index (χ1v) is 9.92. The van der Waals surface area contributed by atoms with Crippen LogP contribution in [0.25, 0.3) is 0 Å². The second-order valence-electron chi connectivity index (χ2n) is 6.78. The van der Waals surface area contributed by atoms with Gasteiger partial charge < -0.3 is 0 Å². The third-order valence-electron chi connectivity index (χ3n) is 5.09. The van der Waals surface area contributed by atoms with E-state index in [0.29, 0.717) is 30.5 Å². The fourth-order valence-corrected chi connectivity index (χ4v) is 4.52. The molecule has 0 aromatic heterocycles. The largest absolute Gasteiger partial charge is 0.294 e. The van der Waals surface area contributed by atoms with Crippen molar-refractivity contribution < 1.29 is 14.0 Å². The summed E-state index contributed by atoms with van der Waals surface area (Å²) >= 11 is 9.39. The molecule has 27 heavy (non-hydrogen) atoms. The van der Waals surface area contributed by atoms with Crippen molar-refractivity contribution in [1.82, 2.24) is 0 Å². The van der Waals surface area contributed by atoms with Crippen LogP contribution in [0, 0.1) is 5.82 Å². The van der Waals surface area contributed by atoms with Crippen molar-refractivity contribution in [3.8, 4) is 0 Å². The minimum absolute atomic E-state index is 0.0429. The maximum Gasteiger partial charge on any atom is 0.232 e. The minimum Gasteiger partial charge on any atom is -0.294 e. The van der Waals surface area contributed by atoms with Crippen LogP contribution in [0.15, 0.2) is 58.2 Å². The summed E-state index contributed by atoms with van der Waals surface area (Å²) < 4.78 is 14.5. The van der Waals surface area contributed by atoms with Gasteiger partial charge in [0.25, 0.3) is 0 Å². The number of amides is 1. The highest BCUT2D eigenvalue weighted by atomic mass is 79.9. The molecular formula is C21H16BrClFNO2. The zero-order valence-corrected chi connectivity index (χ0v) is 16.7. The van der Waals surface area contributed by atoms with Crippen LogP contribution in [-0.2, 0) is 9.59 Å². The third-order valence-corrected chi connectivity index (χ3v) is 5.87. The first-order valence-electron chi connectivity index (χ1n) is 8.75. The molecular weight excluding hydrogens is 433 g/mol. The van der Waals surface area contributed by atoms with E-state index in [0.717, 1.165) is 15.7 Å². The number of rotatable bonds is 2. The van der Waals surface area contributed by atoms with Crippen LogP contribution < -0.4 is 4.90 Å². The molecule has 0 saturated carbocycles. The van der Waals surface area contributed by atoms with E-state index in [9.17, 15) is 14.0 Å². The van der Waals surface area contributed by atoms with Crippen LogP contribution in [0.2, 0.25) is 5.02 Å². The Morgan fingerprint density at radius 2 is 1.93 bits per heavy atom. The zero-order chi connectivity index (χ0) is 19.1. The van der Waals surface area contributed by atoms with E-state index < -0.39 is 5.82 Å². The van der Waals surface area contributed by atoms with Gasteiger partial charge in [-0.3, -0.25) is 14.5 Å². The van der Waals surface area contributed by atoms with Crippen molar-refractivity contribution in [2.75, 3.05) is 4.90 Å². The van der Waals surface area contributed by atoms with Crippen LogP contribution in [-0.4, -0.2) is 11.7 Å². The first-order chi connectivity index (χ1) is 13.0. The maximum absolute atomic E-state index is 13.6. The van der Waals surface area contributed by atoms with Crippen molar-refractivity contribution in [2.24, 2.45) is 0 Å². The normalized spacial score (nSPS) is 20.1. The lowest BCUT2D eigenvalue weighted by atomic mass is 9.77. The van der Waals surface area contributed by atoms with Gasteiger partial charge in [-0.15, -0.1) is 0 Å². The second kappa shape index (κ2) is 7.21. The van der Waals surface area contributed by atoms with E-state index in [2.05, 4.69) is 15.9 Å². The van der Waals surface area contributed by atoms with E-state index in [-0.39, 0.29) is 29.1 Å². The number of hydrogen-bond donors (Lipinski definition) is 0. The van der Waals surface area contributed by atoms with E-state index >= 15 is 0 Å². The molecule has 0 fully saturated rings. The van der Waals surface area contributed by atoms with E-state index in [1.54, 1.807) is 4.90 Å². The highest BCUT2D eigenvalue weighted by Gasteiger charge is 2.39. The Hall–Kier alpha value is -1.98. The molecule has 3 nitrogen and oxygen atoms in total. The SMILES string of the molecule is O=C1CCCC2=C1C(c1cccc(Br)c1)CC(=O)N2c1ccc(F)c(Cl)c1. The number of allylic oxidation sites excluding steroid dienone is 2. The van der Waals surface area contributed by atoms with Gasteiger partial charge in [0.15, 0.2) is 5.78 Å². The molecule has 0 bridgehead atoms. The highest BCUT2D eigenvalue weighted by molar-refractivity contribution is 9.10. The Morgan fingerprint density at radius 3 is 2.67 bits per heavy atom. The number of halogens is 3. The molecule has 1 aliphatic carbocycles. The number of hydrogen-bond acceptors (Lipinski definition) is 2. The Kier molecular flexibility index (Phi) is 4.91. The van der Waals surface area contributed by atoms with Crippen molar-refractivity contribution in [3.05, 3.63) is 74.6 Å². The predicted octanol–water partition coefficient (Wildman–Crippen LogP) is 5.77. The van der Waals surface area contributed by atoms with Crippen molar-refractivity contribution >= 4 is 44.9 Å².